The SMILES string of the molecule is Cc1csc(CNC(=O)C=Cc2ccccc2OC(F)F)n1. The average molecular weight is 324 g/mol. The van der Waals surface area contributed by atoms with Crippen LogP contribution < -0.4 is 10.1 Å². The summed E-state index contributed by atoms with van der Waals surface area (Å²) in [5.74, 6) is -0.309. The Morgan fingerprint density at radius 2 is 2.23 bits per heavy atom. The van der Waals surface area contributed by atoms with Gasteiger partial charge in [0.1, 0.15) is 10.8 Å². The summed E-state index contributed by atoms with van der Waals surface area (Å²) >= 11 is 1.46. The summed E-state index contributed by atoms with van der Waals surface area (Å²) in [5, 5.41) is 5.38. The molecule has 0 saturated carbocycles. The quantitative estimate of drug-likeness (QED) is 0.829. The Kier molecular flexibility index (Phi) is 5.60. The number of rotatable bonds is 6. The van der Waals surface area contributed by atoms with Crippen LogP contribution in [-0.2, 0) is 11.3 Å². The van der Waals surface area contributed by atoms with Gasteiger partial charge in [0.25, 0.3) is 0 Å². The molecule has 2 aromatic rings. The van der Waals surface area contributed by atoms with E-state index in [0.29, 0.717) is 12.1 Å². The summed E-state index contributed by atoms with van der Waals surface area (Å²) in [5.41, 5.74) is 1.31. The zero-order chi connectivity index (χ0) is 15.9. The monoisotopic (exact) mass is 324 g/mol. The van der Waals surface area contributed by atoms with Crippen molar-refractivity contribution in [2.45, 2.75) is 20.1 Å². The first-order valence-electron chi connectivity index (χ1n) is 6.45. The lowest BCUT2D eigenvalue weighted by atomic mass is 10.2. The van der Waals surface area contributed by atoms with Gasteiger partial charge in [0.2, 0.25) is 5.91 Å². The van der Waals surface area contributed by atoms with Gasteiger partial charge in [0, 0.05) is 22.7 Å². The van der Waals surface area contributed by atoms with E-state index in [-0.39, 0.29) is 11.7 Å². The molecule has 0 saturated heterocycles. The molecule has 1 aromatic carbocycles. The minimum atomic E-state index is -2.91. The van der Waals surface area contributed by atoms with Crippen LogP contribution >= 0.6 is 11.3 Å². The fourth-order valence-electron chi connectivity index (χ4n) is 1.69. The molecule has 0 spiro atoms. The maximum Gasteiger partial charge on any atom is 0.387 e. The molecule has 1 heterocycles. The Balaban J connectivity index is 1.94. The maximum absolute atomic E-state index is 12.3. The van der Waals surface area contributed by atoms with Gasteiger partial charge in [-0.05, 0) is 19.1 Å². The Labute approximate surface area is 130 Å². The van der Waals surface area contributed by atoms with Gasteiger partial charge in [-0.3, -0.25) is 4.79 Å². The molecule has 1 amide bonds. The second-order valence-corrected chi connectivity index (χ2v) is 5.29. The van der Waals surface area contributed by atoms with Crippen molar-refractivity contribution < 1.29 is 18.3 Å². The number of hydrogen-bond acceptors (Lipinski definition) is 4. The second kappa shape index (κ2) is 7.65. The van der Waals surface area contributed by atoms with Gasteiger partial charge in [-0.25, -0.2) is 4.98 Å². The fourth-order valence-corrected chi connectivity index (χ4v) is 2.40. The molecule has 1 aromatic heterocycles. The van der Waals surface area contributed by atoms with Gasteiger partial charge in [-0.15, -0.1) is 11.3 Å². The number of thiazole rings is 1. The molecule has 1 N–H and O–H groups in total. The van der Waals surface area contributed by atoms with Gasteiger partial charge in [0.05, 0.1) is 6.54 Å². The number of nitrogens with zero attached hydrogens (tertiary/aromatic N) is 1. The molecule has 4 nitrogen and oxygen atoms in total. The van der Waals surface area contributed by atoms with Crippen molar-refractivity contribution in [1.82, 2.24) is 10.3 Å². The van der Waals surface area contributed by atoms with Crippen molar-refractivity contribution in [3.05, 3.63) is 52.0 Å². The molecule has 22 heavy (non-hydrogen) atoms. The van der Waals surface area contributed by atoms with Crippen LogP contribution in [0.1, 0.15) is 16.3 Å². The number of carbonyl (C=O) groups is 1. The minimum Gasteiger partial charge on any atom is -0.434 e. The molecule has 0 aliphatic rings. The Bertz CT molecular complexity index is 671. The van der Waals surface area contributed by atoms with Crippen LogP contribution in [0, 0.1) is 6.92 Å². The first-order valence-corrected chi connectivity index (χ1v) is 7.33. The highest BCUT2D eigenvalue weighted by Crippen LogP contribution is 2.21. The van der Waals surface area contributed by atoms with E-state index in [1.165, 1.54) is 29.6 Å². The number of aryl methyl sites for hydroxylation is 1. The molecule has 0 unspecified atom stereocenters. The normalized spacial score (nSPS) is 11.1. The van der Waals surface area contributed by atoms with Gasteiger partial charge in [-0.2, -0.15) is 8.78 Å². The predicted octanol–water partition coefficient (Wildman–Crippen LogP) is 3.38. The van der Waals surface area contributed by atoms with Gasteiger partial charge < -0.3 is 10.1 Å². The number of hydrogen-bond donors (Lipinski definition) is 1. The van der Waals surface area contributed by atoms with Crippen molar-refractivity contribution in [2.75, 3.05) is 0 Å². The van der Waals surface area contributed by atoms with E-state index in [9.17, 15) is 13.6 Å². The number of ether oxygens (including phenoxy) is 1. The molecule has 0 fully saturated rings. The van der Waals surface area contributed by atoms with Crippen LogP contribution in [0.3, 0.4) is 0 Å². The first-order chi connectivity index (χ1) is 10.5. The highest BCUT2D eigenvalue weighted by molar-refractivity contribution is 7.09. The number of amides is 1. The van der Waals surface area contributed by atoms with E-state index < -0.39 is 6.61 Å². The fraction of sp³-hybridized carbons (Fsp3) is 0.200. The number of benzene rings is 1. The van der Waals surface area contributed by atoms with Gasteiger partial charge in [0.15, 0.2) is 0 Å². The molecule has 116 valence electrons. The summed E-state index contributed by atoms with van der Waals surface area (Å²) in [6, 6.07) is 6.27. The van der Waals surface area contributed by atoms with Crippen molar-refractivity contribution in [1.29, 1.82) is 0 Å². The number of halogens is 2. The Morgan fingerprint density at radius 1 is 1.45 bits per heavy atom. The molecule has 0 atom stereocenters. The van der Waals surface area contributed by atoms with E-state index in [4.69, 9.17) is 0 Å². The van der Waals surface area contributed by atoms with Crippen molar-refractivity contribution >= 4 is 23.3 Å². The molecule has 0 aliphatic heterocycles. The zero-order valence-corrected chi connectivity index (χ0v) is 12.6. The number of aromatic nitrogens is 1. The van der Waals surface area contributed by atoms with Gasteiger partial charge in [-0.1, -0.05) is 18.2 Å². The highest BCUT2D eigenvalue weighted by Gasteiger charge is 2.07. The van der Waals surface area contributed by atoms with Crippen LogP contribution in [0.4, 0.5) is 8.78 Å². The van der Waals surface area contributed by atoms with Crippen LogP contribution in [0.25, 0.3) is 6.08 Å². The minimum absolute atomic E-state index is 0.0251. The lowest BCUT2D eigenvalue weighted by molar-refractivity contribution is -0.116. The highest BCUT2D eigenvalue weighted by atomic mass is 32.1. The van der Waals surface area contributed by atoms with Crippen molar-refractivity contribution in [3.63, 3.8) is 0 Å². The lowest BCUT2D eigenvalue weighted by Crippen LogP contribution is -2.20. The third-order valence-electron chi connectivity index (χ3n) is 2.63. The summed E-state index contributed by atoms with van der Waals surface area (Å²) in [7, 11) is 0. The van der Waals surface area contributed by atoms with E-state index in [2.05, 4.69) is 15.0 Å². The van der Waals surface area contributed by atoms with E-state index in [1.54, 1.807) is 18.2 Å². The van der Waals surface area contributed by atoms with Crippen molar-refractivity contribution in [2.24, 2.45) is 0 Å². The Hall–Kier alpha value is -2.28. The molecule has 7 heteroatoms. The molecule has 0 bridgehead atoms. The van der Waals surface area contributed by atoms with Crippen molar-refractivity contribution in [3.8, 4) is 5.75 Å². The topological polar surface area (TPSA) is 51.2 Å². The largest absolute Gasteiger partial charge is 0.434 e. The smallest absolute Gasteiger partial charge is 0.387 e. The number of nitrogens with one attached hydrogen (secondary N) is 1. The molecule has 0 radical (unpaired) electrons. The summed E-state index contributed by atoms with van der Waals surface area (Å²) in [4.78, 5) is 15.9. The van der Waals surface area contributed by atoms with Crippen LogP contribution in [0.15, 0.2) is 35.7 Å². The molecule has 2 rings (SSSR count). The molecular formula is C15H14F2N2O2S. The summed E-state index contributed by atoms with van der Waals surface area (Å²) in [6.07, 6.45) is 2.70. The number of alkyl halides is 2. The lowest BCUT2D eigenvalue weighted by Gasteiger charge is -2.07. The number of carbonyl (C=O) groups excluding carboxylic acids is 1. The summed E-state index contributed by atoms with van der Waals surface area (Å²) < 4.78 is 28.9. The zero-order valence-electron chi connectivity index (χ0n) is 11.8. The molecule has 0 aliphatic carbocycles. The third kappa shape index (κ3) is 4.92. The van der Waals surface area contributed by atoms with Crippen LogP contribution in [0.5, 0.6) is 5.75 Å². The predicted molar refractivity (Wildman–Crippen MR) is 80.8 cm³/mol. The number of para-hydroxylation sites is 1. The maximum atomic E-state index is 12.3. The van der Waals surface area contributed by atoms with Crippen LogP contribution in [0.2, 0.25) is 0 Å². The average Bonchev–Trinajstić information content (AvgIpc) is 2.89. The molecular weight excluding hydrogens is 310 g/mol. The van der Waals surface area contributed by atoms with Gasteiger partial charge >= 0.3 is 6.61 Å². The van der Waals surface area contributed by atoms with Crippen LogP contribution in [-0.4, -0.2) is 17.5 Å². The third-order valence-corrected chi connectivity index (χ3v) is 3.60. The Morgan fingerprint density at radius 3 is 2.91 bits per heavy atom. The second-order valence-electron chi connectivity index (χ2n) is 4.35. The van der Waals surface area contributed by atoms with E-state index >= 15 is 0 Å². The van der Waals surface area contributed by atoms with E-state index in [0.717, 1.165) is 10.7 Å². The van der Waals surface area contributed by atoms with E-state index in [1.807, 2.05) is 12.3 Å². The first kappa shape index (κ1) is 16.1. The standard InChI is InChI=1S/C15H14F2N2O2S/c1-10-9-22-14(19-10)8-18-13(20)7-6-11-4-2-3-5-12(11)21-15(16)17/h2-7,9,15H,8H2,1H3,(H,18,20). The summed E-state index contributed by atoms with van der Waals surface area (Å²) in [6.45, 7) is -0.699.